The predicted octanol–water partition coefficient (Wildman–Crippen LogP) is 5.12. The van der Waals surface area contributed by atoms with Crippen LogP contribution < -0.4 is 9.80 Å². The van der Waals surface area contributed by atoms with Gasteiger partial charge in [0.2, 0.25) is 11.8 Å². The number of hydrogen-bond donors (Lipinski definition) is 2. The Morgan fingerprint density at radius 2 is 1.82 bits per heavy atom. The van der Waals surface area contributed by atoms with Gasteiger partial charge in [-0.25, -0.2) is 0 Å². The van der Waals surface area contributed by atoms with Crippen LogP contribution in [0.25, 0.3) is 0 Å². The minimum Gasteiger partial charge on any atom is -0.394 e. The van der Waals surface area contributed by atoms with E-state index in [2.05, 4.69) is 0 Å². The van der Waals surface area contributed by atoms with Gasteiger partial charge in [-0.2, -0.15) is 0 Å². The monoisotopic (exact) mass is 627 g/mol. The molecule has 0 radical (unpaired) electrons. The number of carbonyl (C=O) groups excluding carboxylic acids is 3. The smallest absolute Gasteiger partial charge is 0.264 e. The lowest BCUT2D eigenvalue weighted by molar-refractivity contribution is -0.139. The maximum Gasteiger partial charge on any atom is 0.264 e. The second-order valence-electron chi connectivity index (χ2n) is 12.2. The Balaban J connectivity index is 1.18. The third-order valence-electron chi connectivity index (χ3n) is 9.41. The van der Waals surface area contributed by atoms with Crippen LogP contribution in [0.5, 0.6) is 0 Å². The number of amides is 3. The van der Waals surface area contributed by atoms with Crippen molar-refractivity contribution in [3.05, 3.63) is 106 Å². The first kappa shape index (κ1) is 31.0. The summed E-state index contributed by atoms with van der Waals surface area (Å²) in [4.78, 5) is 44.7. The molecule has 8 nitrogen and oxygen atoms in total. The number of halogens is 1. The van der Waals surface area contributed by atoms with Gasteiger partial charge in [0.1, 0.15) is 0 Å². The first-order valence-corrected chi connectivity index (χ1v) is 16.0. The van der Waals surface area contributed by atoms with E-state index in [0.717, 1.165) is 35.2 Å². The number of anilines is 2. The van der Waals surface area contributed by atoms with Crippen LogP contribution >= 0.6 is 11.6 Å². The Kier molecular flexibility index (Phi) is 8.82. The average Bonchev–Trinajstić information content (AvgIpc) is 3.26. The molecular weight excluding hydrogens is 590 g/mol. The minimum atomic E-state index is -1.88. The quantitative estimate of drug-likeness (QED) is 0.338. The van der Waals surface area contributed by atoms with E-state index >= 15 is 0 Å². The molecule has 0 saturated carbocycles. The van der Waals surface area contributed by atoms with Gasteiger partial charge in [-0.05, 0) is 66.3 Å². The molecule has 9 heteroatoms. The molecule has 3 atom stereocenters. The summed E-state index contributed by atoms with van der Waals surface area (Å²) in [7, 11) is 0. The van der Waals surface area contributed by atoms with Crippen molar-refractivity contribution in [2.24, 2.45) is 5.92 Å². The Bertz CT molecular complexity index is 1640. The summed E-state index contributed by atoms with van der Waals surface area (Å²) < 4.78 is 0. The van der Waals surface area contributed by atoms with Crippen molar-refractivity contribution >= 4 is 40.7 Å². The maximum atomic E-state index is 14.0. The summed E-state index contributed by atoms with van der Waals surface area (Å²) in [5.74, 6) is -1.14. The summed E-state index contributed by atoms with van der Waals surface area (Å²) in [6.45, 7) is 3.00. The third kappa shape index (κ3) is 5.90. The Morgan fingerprint density at radius 3 is 2.56 bits per heavy atom. The van der Waals surface area contributed by atoms with E-state index in [1.165, 1.54) is 0 Å². The molecule has 45 heavy (non-hydrogen) atoms. The molecule has 6 rings (SSSR count). The molecule has 0 unspecified atom stereocenters. The first-order valence-electron chi connectivity index (χ1n) is 15.6. The van der Waals surface area contributed by atoms with Gasteiger partial charge in [-0.1, -0.05) is 67.1 Å². The van der Waals surface area contributed by atoms with Crippen molar-refractivity contribution in [1.82, 2.24) is 4.90 Å². The van der Waals surface area contributed by atoms with Crippen LogP contribution in [-0.2, 0) is 39.5 Å². The second kappa shape index (κ2) is 12.8. The number of nitrogens with zero attached hydrogens (tertiary/aromatic N) is 3. The van der Waals surface area contributed by atoms with E-state index in [1.54, 1.807) is 52.0 Å². The Labute approximate surface area is 268 Å². The van der Waals surface area contributed by atoms with Crippen molar-refractivity contribution in [1.29, 1.82) is 0 Å². The molecule has 0 bridgehead atoms. The van der Waals surface area contributed by atoms with Crippen molar-refractivity contribution < 1.29 is 24.6 Å². The van der Waals surface area contributed by atoms with Gasteiger partial charge >= 0.3 is 0 Å². The predicted molar refractivity (Wildman–Crippen MR) is 174 cm³/mol. The molecule has 3 amide bonds. The van der Waals surface area contributed by atoms with Gasteiger partial charge in [0.05, 0.1) is 24.9 Å². The third-order valence-corrected chi connectivity index (χ3v) is 9.64. The van der Waals surface area contributed by atoms with Crippen molar-refractivity contribution in [2.75, 3.05) is 23.0 Å². The number of aliphatic hydroxyl groups is 2. The molecule has 0 aromatic heterocycles. The van der Waals surface area contributed by atoms with Crippen molar-refractivity contribution in [3.8, 4) is 0 Å². The molecular formula is C36H38ClN3O5. The van der Waals surface area contributed by atoms with E-state index in [-0.39, 0.29) is 37.4 Å². The minimum absolute atomic E-state index is 0.0747. The summed E-state index contributed by atoms with van der Waals surface area (Å²) in [5, 5.41) is 22.4. The number of fused-ring (bicyclic) bond motifs is 2. The highest BCUT2D eigenvalue weighted by molar-refractivity contribution is 6.31. The van der Waals surface area contributed by atoms with Gasteiger partial charge in [0.25, 0.3) is 5.91 Å². The lowest BCUT2D eigenvalue weighted by Crippen LogP contribution is -2.46. The molecule has 3 aromatic carbocycles. The van der Waals surface area contributed by atoms with Crippen LogP contribution in [0, 0.1) is 5.92 Å². The number of carbonyl (C=O) groups is 3. The number of aliphatic hydroxyl groups excluding tert-OH is 1. The molecule has 2 N–H and O–H groups in total. The van der Waals surface area contributed by atoms with Crippen LogP contribution in [0.1, 0.15) is 54.9 Å². The molecule has 3 aliphatic rings. The fourth-order valence-electron chi connectivity index (χ4n) is 6.79. The second-order valence-corrected chi connectivity index (χ2v) is 12.7. The number of hydrogen-bond acceptors (Lipinski definition) is 5. The summed E-state index contributed by atoms with van der Waals surface area (Å²) in [5.41, 5.74) is 3.04. The summed E-state index contributed by atoms with van der Waals surface area (Å²) in [6.07, 6.45) is 6.52. The zero-order valence-corrected chi connectivity index (χ0v) is 26.1. The molecule has 1 saturated heterocycles. The van der Waals surface area contributed by atoms with Crippen molar-refractivity contribution in [2.45, 2.75) is 63.8 Å². The van der Waals surface area contributed by atoms with Gasteiger partial charge in [-0.15, -0.1) is 0 Å². The zero-order chi connectivity index (χ0) is 31.7. The van der Waals surface area contributed by atoms with Crippen LogP contribution in [0.15, 0.2) is 78.9 Å². The summed E-state index contributed by atoms with van der Waals surface area (Å²) in [6, 6.07) is 20.3. The molecule has 0 spiro atoms. The molecule has 234 valence electrons. The Morgan fingerprint density at radius 1 is 1.07 bits per heavy atom. The van der Waals surface area contributed by atoms with Crippen LogP contribution in [0.2, 0.25) is 5.02 Å². The maximum absolute atomic E-state index is 14.0. The van der Waals surface area contributed by atoms with Crippen LogP contribution in [0.4, 0.5) is 11.4 Å². The fourth-order valence-corrected chi connectivity index (χ4v) is 6.96. The highest BCUT2D eigenvalue weighted by atomic mass is 35.5. The topological polar surface area (TPSA) is 101 Å². The van der Waals surface area contributed by atoms with E-state index in [0.29, 0.717) is 42.2 Å². The SMILES string of the molecule is C[C@@H](/C=C/CC(=O)N1Cc2ccccc2C[C@H]1CO)[C@]1(O)C(=O)N(Cc2ccc(N3CCCCC3=O)cc2)c2ccc(Cl)cc21. The molecule has 0 aliphatic carbocycles. The van der Waals surface area contributed by atoms with Crippen LogP contribution in [0.3, 0.4) is 0 Å². The number of piperidine rings is 1. The molecule has 3 heterocycles. The van der Waals surface area contributed by atoms with E-state index in [4.69, 9.17) is 11.6 Å². The average molecular weight is 628 g/mol. The van der Waals surface area contributed by atoms with Gasteiger partial charge in [-0.3, -0.25) is 14.4 Å². The highest BCUT2D eigenvalue weighted by Crippen LogP contribution is 2.46. The van der Waals surface area contributed by atoms with Crippen molar-refractivity contribution in [3.63, 3.8) is 0 Å². The number of benzene rings is 3. The Hall–Kier alpha value is -3.98. The lowest BCUT2D eigenvalue weighted by Gasteiger charge is -2.36. The molecule has 3 aliphatic heterocycles. The van der Waals surface area contributed by atoms with Gasteiger partial charge < -0.3 is 24.9 Å². The highest BCUT2D eigenvalue weighted by Gasteiger charge is 2.52. The van der Waals surface area contributed by atoms with Gasteiger partial charge in [0.15, 0.2) is 5.60 Å². The lowest BCUT2D eigenvalue weighted by atomic mass is 9.83. The fraction of sp³-hybridized carbons (Fsp3) is 0.361. The molecule has 3 aromatic rings. The number of rotatable bonds is 8. The normalized spacial score (nSPS) is 22.1. The summed E-state index contributed by atoms with van der Waals surface area (Å²) >= 11 is 6.35. The molecule has 1 fully saturated rings. The first-order chi connectivity index (χ1) is 21.7. The van der Waals surface area contributed by atoms with Crippen LogP contribution in [-0.4, -0.2) is 52.0 Å². The van der Waals surface area contributed by atoms with E-state index in [1.807, 2.05) is 48.5 Å². The van der Waals surface area contributed by atoms with E-state index < -0.39 is 17.4 Å². The zero-order valence-electron chi connectivity index (χ0n) is 25.4. The van der Waals surface area contributed by atoms with Gasteiger partial charge in [0, 0.05) is 48.1 Å². The standard InChI is InChI=1S/C36H38ClN3O5/c1-24(7-6-11-34(43)39-22-27-9-3-2-8-26(27)19-30(39)23-41)36(45)31-20-28(37)14-17-32(31)40(35(36)44)21-25-12-15-29(16-13-25)38-18-5-4-10-33(38)42/h2-3,6-9,12-17,20,24,30,41,45H,4-5,10-11,18-19,21-23H2,1H3/b7-6+/t24-,30-,36+/m0/s1. The van der Waals surface area contributed by atoms with E-state index in [9.17, 15) is 24.6 Å². The largest absolute Gasteiger partial charge is 0.394 e.